The van der Waals surface area contributed by atoms with Crippen molar-refractivity contribution in [2.45, 2.75) is 26.3 Å². The van der Waals surface area contributed by atoms with Gasteiger partial charge in [-0.3, -0.25) is 11.3 Å². The van der Waals surface area contributed by atoms with Gasteiger partial charge in [0.15, 0.2) is 0 Å². The summed E-state index contributed by atoms with van der Waals surface area (Å²) in [6, 6.07) is 6.24. The Hall–Kier alpha value is -1.43. The number of methoxy groups -OCH3 is 1. The average molecular weight is 277 g/mol. The van der Waals surface area contributed by atoms with Crippen LogP contribution in [-0.4, -0.2) is 12.1 Å². The Balaban J connectivity index is 2.28. The molecule has 0 bridgehead atoms. The highest BCUT2D eigenvalue weighted by atomic mass is 32.1. The van der Waals surface area contributed by atoms with E-state index in [9.17, 15) is 0 Å². The summed E-state index contributed by atoms with van der Waals surface area (Å²) < 4.78 is 5.41. The van der Waals surface area contributed by atoms with Crippen molar-refractivity contribution in [3.05, 3.63) is 45.4 Å². The number of hydrogen-bond donors (Lipinski definition) is 2. The molecule has 0 radical (unpaired) electrons. The molecule has 3 N–H and O–H groups in total. The number of nitrogens with zero attached hydrogens (tertiary/aromatic N) is 1. The van der Waals surface area contributed by atoms with Crippen molar-refractivity contribution >= 4 is 11.3 Å². The Kier molecular flexibility index (Phi) is 4.52. The number of thiazole rings is 1. The molecule has 2 aromatic rings. The summed E-state index contributed by atoms with van der Waals surface area (Å²) in [7, 11) is 1.69. The van der Waals surface area contributed by atoms with Gasteiger partial charge in [0.25, 0.3) is 0 Å². The van der Waals surface area contributed by atoms with Crippen LogP contribution < -0.4 is 16.0 Å². The van der Waals surface area contributed by atoms with Crippen LogP contribution in [-0.2, 0) is 6.42 Å². The maximum absolute atomic E-state index is 5.70. The minimum Gasteiger partial charge on any atom is -0.496 e. The second kappa shape index (κ2) is 6.14. The van der Waals surface area contributed by atoms with E-state index < -0.39 is 0 Å². The fourth-order valence-corrected chi connectivity index (χ4v) is 3.02. The molecule has 0 aliphatic carbocycles. The van der Waals surface area contributed by atoms with Crippen LogP contribution in [0.4, 0.5) is 0 Å². The summed E-state index contributed by atoms with van der Waals surface area (Å²) in [5, 5.41) is 0. The number of benzene rings is 1. The van der Waals surface area contributed by atoms with Crippen molar-refractivity contribution in [1.29, 1.82) is 0 Å². The molecular weight excluding hydrogens is 258 g/mol. The van der Waals surface area contributed by atoms with Crippen molar-refractivity contribution in [1.82, 2.24) is 10.4 Å². The smallest absolute Gasteiger partial charge is 0.122 e. The minimum atomic E-state index is 0.0585. The first-order valence-electron chi connectivity index (χ1n) is 6.15. The number of aryl methyl sites for hydroxylation is 2. The molecule has 1 atom stereocenters. The lowest BCUT2D eigenvalue weighted by molar-refractivity contribution is 0.405. The van der Waals surface area contributed by atoms with Crippen molar-refractivity contribution < 1.29 is 4.74 Å². The summed E-state index contributed by atoms with van der Waals surface area (Å²) in [4.78, 5) is 5.45. The van der Waals surface area contributed by atoms with Gasteiger partial charge in [0, 0.05) is 4.88 Å². The lowest BCUT2D eigenvalue weighted by atomic mass is 10.0. The third kappa shape index (κ3) is 3.12. The van der Waals surface area contributed by atoms with E-state index in [2.05, 4.69) is 23.4 Å². The van der Waals surface area contributed by atoms with Crippen molar-refractivity contribution in [3.8, 4) is 5.75 Å². The van der Waals surface area contributed by atoms with Crippen LogP contribution in [0, 0.1) is 13.8 Å². The SMILES string of the molecule is COc1ccc(C)cc1CC(NN)c1scnc1C. The first kappa shape index (κ1) is 14.0. The molecule has 0 aliphatic rings. The highest BCUT2D eigenvalue weighted by molar-refractivity contribution is 7.09. The van der Waals surface area contributed by atoms with Crippen LogP contribution in [0.25, 0.3) is 0 Å². The van der Waals surface area contributed by atoms with Crippen molar-refractivity contribution in [2.75, 3.05) is 7.11 Å². The highest BCUT2D eigenvalue weighted by Crippen LogP contribution is 2.28. The maximum Gasteiger partial charge on any atom is 0.122 e. The monoisotopic (exact) mass is 277 g/mol. The lowest BCUT2D eigenvalue weighted by Crippen LogP contribution is -2.29. The predicted molar refractivity (Wildman–Crippen MR) is 78.4 cm³/mol. The molecule has 0 saturated heterocycles. The number of aromatic nitrogens is 1. The Bertz CT molecular complexity index is 553. The van der Waals surface area contributed by atoms with Gasteiger partial charge in [0.05, 0.1) is 24.4 Å². The van der Waals surface area contributed by atoms with E-state index in [0.717, 1.165) is 23.4 Å². The lowest BCUT2D eigenvalue weighted by Gasteiger charge is -2.17. The molecule has 0 amide bonds. The minimum absolute atomic E-state index is 0.0585. The first-order chi connectivity index (χ1) is 9.15. The molecule has 102 valence electrons. The summed E-state index contributed by atoms with van der Waals surface area (Å²) in [6.07, 6.45) is 0.782. The second-order valence-electron chi connectivity index (χ2n) is 4.54. The van der Waals surface area contributed by atoms with Gasteiger partial charge >= 0.3 is 0 Å². The Morgan fingerprint density at radius 2 is 2.21 bits per heavy atom. The van der Waals surface area contributed by atoms with Crippen LogP contribution in [0.5, 0.6) is 5.75 Å². The second-order valence-corrected chi connectivity index (χ2v) is 5.43. The maximum atomic E-state index is 5.70. The fourth-order valence-electron chi connectivity index (χ4n) is 2.16. The fraction of sp³-hybridized carbons (Fsp3) is 0.357. The molecule has 1 aromatic heterocycles. The van der Waals surface area contributed by atoms with E-state index in [1.807, 2.05) is 24.6 Å². The zero-order chi connectivity index (χ0) is 13.8. The van der Waals surface area contributed by atoms with E-state index in [0.29, 0.717) is 0 Å². The first-order valence-corrected chi connectivity index (χ1v) is 7.03. The molecular formula is C14H19N3OS. The highest BCUT2D eigenvalue weighted by Gasteiger charge is 2.17. The molecule has 1 unspecified atom stereocenters. The third-order valence-corrected chi connectivity index (χ3v) is 4.20. The van der Waals surface area contributed by atoms with Gasteiger partial charge in [-0.2, -0.15) is 0 Å². The van der Waals surface area contributed by atoms with Crippen molar-refractivity contribution in [2.24, 2.45) is 5.84 Å². The molecule has 1 aromatic carbocycles. The van der Waals surface area contributed by atoms with Gasteiger partial charge in [-0.1, -0.05) is 17.7 Å². The van der Waals surface area contributed by atoms with Crippen LogP contribution >= 0.6 is 11.3 Å². The van der Waals surface area contributed by atoms with Gasteiger partial charge in [-0.15, -0.1) is 11.3 Å². The van der Waals surface area contributed by atoms with E-state index in [1.54, 1.807) is 18.4 Å². The molecule has 19 heavy (non-hydrogen) atoms. The number of hydrogen-bond acceptors (Lipinski definition) is 5. The number of nitrogens with two attached hydrogens (primary N) is 1. The van der Waals surface area contributed by atoms with Crippen LogP contribution in [0.15, 0.2) is 23.7 Å². The van der Waals surface area contributed by atoms with Gasteiger partial charge in [-0.05, 0) is 31.9 Å². The van der Waals surface area contributed by atoms with E-state index in [1.165, 1.54) is 10.4 Å². The Morgan fingerprint density at radius 1 is 1.42 bits per heavy atom. The number of rotatable bonds is 5. The van der Waals surface area contributed by atoms with Crippen LogP contribution in [0.2, 0.25) is 0 Å². The molecule has 5 heteroatoms. The van der Waals surface area contributed by atoms with Gasteiger partial charge in [0.1, 0.15) is 5.75 Å². The predicted octanol–water partition coefficient (Wildman–Crippen LogP) is 2.52. The molecule has 0 fully saturated rings. The van der Waals surface area contributed by atoms with Gasteiger partial charge < -0.3 is 4.74 Å². The summed E-state index contributed by atoms with van der Waals surface area (Å²) >= 11 is 1.62. The largest absolute Gasteiger partial charge is 0.496 e. The summed E-state index contributed by atoms with van der Waals surface area (Å²) in [5.41, 5.74) is 8.12. The number of ether oxygens (including phenoxy) is 1. The quantitative estimate of drug-likeness (QED) is 0.651. The molecule has 4 nitrogen and oxygen atoms in total. The third-order valence-electron chi connectivity index (χ3n) is 3.16. The molecule has 2 rings (SSSR count). The zero-order valence-electron chi connectivity index (χ0n) is 11.4. The molecule has 0 spiro atoms. The average Bonchev–Trinajstić information content (AvgIpc) is 2.82. The van der Waals surface area contributed by atoms with E-state index >= 15 is 0 Å². The topological polar surface area (TPSA) is 60.2 Å². The van der Waals surface area contributed by atoms with Gasteiger partial charge in [-0.25, -0.2) is 4.98 Å². The van der Waals surface area contributed by atoms with Crippen LogP contribution in [0.1, 0.15) is 27.7 Å². The molecule has 0 aliphatic heterocycles. The van der Waals surface area contributed by atoms with Crippen LogP contribution in [0.3, 0.4) is 0 Å². The van der Waals surface area contributed by atoms with Crippen molar-refractivity contribution in [3.63, 3.8) is 0 Å². The molecule has 1 heterocycles. The Morgan fingerprint density at radius 3 is 2.79 bits per heavy atom. The normalized spacial score (nSPS) is 12.4. The Labute approximate surface area is 117 Å². The molecule has 0 saturated carbocycles. The number of nitrogens with one attached hydrogen (secondary N) is 1. The van der Waals surface area contributed by atoms with Gasteiger partial charge in [0.2, 0.25) is 0 Å². The summed E-state index contributed by atoms with van der Waals surface area (Å²) in [5.74, 6) is 6.59. The summed E-state index contributed by atoms with van der Waals surface area (Å²) in [6.45, 7) is 4.08. The number of hydrazine groups is 1. The standard InChI is InChI=1S/C14H19N3OS/c1-9-4-5-13(18-3)11(6-9)7-12(17-15)14-10(2)16-8-19-14/h4-6,8,12,17H,7,15H2,1-3H3. The zero-order valence-corrected chi connectivity index (χ0v) is 12.3. The van der Waals surface area contributed by atoms with E-state index in [-0.39, 0.29) is 6.04 Å². The van der Waals surface area contributed by atoms with E-state index in [4.69, 9.17) is 10.6 Å².